The highest BCUT2D eigenvalue weighted by Gasteiger charge is 2.35. The summed E-state index contributed by atoms with van der Waals surface area (Å²) in [6.07, 6.45) is 0. The molecular weight excluding hydrogens is 398 g/mol. The maximum atomic E-state index is 12.9. The maximum absolute atomic E-state index is 12.9. The summed E-state index contributed by atoms with van der Waals surface area (Å²) in [5, 5.41) is 7.52. The third-order valence-electron chi connectivity index (χ3n) is 5.28. The molecule has 1 aliphatic heterocycles. The molecule has 1 aromatic heterocycles. The van der Waals surface area contributed by atoms with Gasteiger partial charge in [0.25, 0.3) is 0 Å². The first-order valence-electron chi connectivity index (χ1n) is 9.78. The van der Waals surface area contributed by atoms with Gasteiger partial charge in [0.05, 0.1) is 36.1 Å². The van der Waals surface area contributed by atoms with Crippen LogP contribution in [0.5, 0.6) is 11.5 Å². The summed E-state index contributed by atoms with van der Waals surface area (Å²) in [5.74, 6) is 2.00. The smallest absolute Gasteiger partial charge is 0.238 e. The molecule has 2 heterocycles. The van der Waals surface area contributed by atoms with E-state index in [4.69, 9.17) is 14.6 Å². The molecule has 0 saturated carbocycles. The molecule has 0 bridgehead atoms. The number of nitrogens with one attached hydrogen (secondary N) is 1. The Labute approximate surface area is 180 Å². The van der Waals surface area contributed by atoms with Crippen LogP contribution < -0.4 is 14.8 Å². The van der Waals surface area contributed by atoms with Crippen LogP contribution in [0.4, 0.5) is 5.82 Å². The van der Waals surface area contributed by atoms with Crippen molar-refractivity contribution in [3.05, 3.63) is 64.8 Å². The third kappa shape index (κ3) is 3.43. The van der Waals surface area contributed by atoms with Gasteiger partial charge in [-0.25, -0.2) is 4.68 Å². The molecule has 2 atom stereocenters. The second-order valence-corrected chi connectivity index (χ2v) is 8.78. The van der Waals surface area contributed by atoms with E-state index in [2.05, 4.69) is 11.4 Å². The van der Waals surface area contributed by atoms with Crippen LogP contribution in [0, 0.1) is 13.8 Å². The Kier molecular flexibility index (Phi) is 5.47. The van der Waals surface area contributed by atoms with Gasteiger partial charge >= 0.3 is 0 Å². The van der Waals surface area contributed by atoms with Crippen LogP contribution >= 0.6 is 11.8 Å². The van der Waals surface area contributed by atoms with Crippen molar-refractivity contribution < 1.29 is 14.3 Å². The van der Waals surface area contributed by atoms with Crippen LogP contribution in [0.25, 0.3) is 5.69 Å². The first kappa shape index (κ1) is 20.3. The van der Waals surface area contributed by atoms with Crippen LogP contribution in [-0.2, 0) is 4.79 Å². The number of anilines is 1. The molecule has 6 nitrogen and oxygen atoms in total. The largest absolute Gasteiger partial charge is 0.493 e. The Morgan fingerprint density at radius 1 is 1.10 bits per heavy atom. The maximum Gasteiger partial charge on any atom is 0.238 e. The predicted octanol–water partition coefficient (Wildman–Crippen LogP) is 4.67. The lowest BCUT2D eigenvalue weighted by molar-refractivity contribution is -0.115. The minimum atomic E-state index is -0.247. The summed E-state index contributed by atoms with van der Waals surface area (Å²) in [7, 11) is 3.27. The van der Waals surface area contributed by atoms with Gasteiger partial charge in [0.1, 0.15) is 5.82 Å². The number of thioether (sulfide) groups is 1. The van der Waals surface area contributed by atoms with Gasteiger partial charge in [0.15, 0.2) is 11.5 Å². The fraction of sp³-hybridized carbons (Fsp3) is 0.304. The summed E-state index contributed by atoms with van der Waals surface area (Å²) in [6.45, 7) is 5.94. The normalized spacial score (nSPS) is 18.4. The standard InChI is InChI=1S/C23H25N3O3S/c1-13-8-6-9-16(12-13)26-22-19(14(2)25-26)21(30-15(3)23(27)24-22)17-10-7-11-18(28-4)20(17)29-5/h6-12,15,21H,1-5H3,(H,24,27). The number of ether oxygens (including phenoxy) is 2. The van der Waals surface area contributed by atoms with Crippen molar-refractivity contribution in [1.29, 1.82) is 0 Å². The zero-order valence-corrected chi connectivity index (χ0v) is 18.5. The number of hydrogen-bond acceptors (Lipinski definition) is 5. The number of aryl methyl sites for hydroxylation is 2. The first-order valence-corrected chi connectivity index (χ1v) is 10.7. The lowest BCUT2D eigenvalue weighted by Crippen LogP contribution is -2.22. The highest BCUT2D eigenvalue weighted by atomic mass is 32.2. The highest BCUT2D eigenvalue weighted by molar-refractivity contribution is 8.01. The van der Waals surface area contributed by atoms with Gasteiger partial charge in [-0.3, -0.25) is 4.79 Å². The molecule has 7 heteroatoms. The lowest BCUT2D eigenvalue weighted by atomic mass is 10.0. The van der Waals surface area contributed by atoms with Gasteiger partial charge < -0.3 is 14.8 Å². The molecule has 3 aromatic rings. The number of nitrogens with zero attached hydrogens (tertiary/aromatic N) is 2. The minimum absolute atomic E-state index is 0.0422. The number of para-hydroxylation sites is 1. The average molecular weight is 424 g/mol. The first-order chi connectivity index (χ1) is 14.4. The number of carbonyl (C=O) groups is 1. The van der Waals surface area contributed by atoms with Crippen molar-refractivity contribution in [1.82, 2.24) is 9.78 Å². The van der Waals surface area contributed by atoms with Gasteiger partial charge in [-0.1, -0.05) is 24.3 Å². The molecule has 2 aromatic carbocycles. The van der Waals surface area contributed by atoms with E-state index in [9.17, 15) is 4.79 Å². The molecule has 1 amide bonds. The number of carbonyl (C=O) groups excluding carboxylic acids is 1. The van der Waals surface area contributed by atoms with E-state index in [0.717, 1.165) is 28.1 Å². The summed E-state index contributed by atoms with van der Waals surface area (Å²) in [6, 6.07) is 13.9. The Morgan fingerprint density at radius 3 is 2.57 bits per heavy atom. The van der Waals surface area contributed by atoms with Crippen LogP contribution in [-0.4, -0.2) is 35.2 Å². The van der Waals surface area contributed by atoms with Crippen molar-refractivity contribution in [2.24, 2.45) is 0 Å². The van der Waals surface area contributed by atoms with Crippen LogP contribution in [0.1, 0.15) is 34.6 Å². The van der Waals surface area contributed by atoms with Crippen molar-refractivity contribution in [2.45, 2.75) is 31.3 Å². The number of methoxy groups -OCH3 is 2. The SMILES string of the molecule is COc1cccc(C2SC(C)C(=O)Nc3c2c(C)nn3-c2cccc(C)c2)c1OC. The van der Waals surface area contributed by atoms with E-state index in [1.807, 2.05) is 61.9 Å². The monoisotopic (exact) mass is 423 g/mol. The van der Waals surface area contributed by atoms with Gasteiger partial charge in [-0.2, -0.15) is 5.10 Å². The van der Waals surface area contributed by atoms with Crippen molar-refractivity contribution in [3.63, 3.8) is 0 Å². The van der Waals surface area contributed by atoms with Crippen LogP contribution in [0.2, 0.25) is 0 Å². The number of fused-ring (bicyclic) bond motifs is 1. The molecule has 0 radical (unpaired) electrons. The van der Waals surface area contributed by atoms with Crippen LogP contribution in [0.15, 0.2) is 42.5 Å². The second-order valence-electron chi connectivity index (χ2n) is 7.33. The molecular formula is C23H25N3O3S. The quantitative estimate of drug-likeness (QED) is 0.661. The van der Waals surface area contributed by atoms with E-state index in [1.54, 1.807) is 26.0 Å². The topological polar surface area (TPSA) is 65.4 Å². The summed E-state index contributed by atoms with van der Waals surface area (Å²) >= 11 is 1.58. The molecule has 1 aliphatic rings. The molecule has 2 unspecified atom stereocenters. The Hall–Kier alpha value is -2.93. The predicted molar refractivity (Wildman–Crippen MR) is 120 cm³/mol. The molecule has 0 spiro atoms. The molecule has 4 rings (SSSR count). The number of hydrogen-bond donors (Lipinski definition) is 1. The van der Waals surface area contributed by atoms with Gasteiger partial charge in [0, 0.05) is 11.1 Å². The van der Waals surface area contributed by atoms with Crippen molar-refractivity contribution in [2.75, 3.05) is 19.5 Å². The van der Waals surface area contributed by atoms with Gasteiger partial charge in [-0.15, -0.1) is 11.8 Å². The number of amides is 1. The van der Waals surface area contributed by atoms with Crippen molar-refractivity contribution in [3.8, 4) is 17.2 Å². The average Bonchev–Trinajstić information content (AvgIpc) is 2.99. The second kappa shape index (κ2) is 8.07. The zero-order chi connectivity index (χ0) is 21.4. The molecule has 30 heavy (non-hydrogen) atoms. The molecule has 156 valence electrons. The molecule has 0 aliphatic carbocycles. The highest BCUT2D eigenvalue weighted by Crippen LogP contribution is 2.50. The molecule has 1 N–H and O–H groups in total. The van der Waals surface area contributed by atoms with E-state index in [0.29, 0.717) is 17.3 Å². The van der Waals surface area contributed by atoms with E-state index in [-0.39, 0.29) is 16.4 Å². The summed E-state index contributed by atoms with van der Waals surface area (Å²) in [5.41, 5.74) is 4.84. The van der Waals surface area contributed by atoms with Crippen LogP contribution in [0.3, 0.4) is 0 Å². The molecule has 0 fully saturated rings. The third-order valence-corrected chi connectivity index (χ3v) is 6.67. The number of benzene rings is 2. The Morgan fingerprint density at radius 2 is 1.87 bits per heavy atom. The zero-order valence-electron chi connectivity index (χ0n) is 17.7. The van der Waals surface area contributed by atoms with Crippen molar-refractivity contribution >= 4 is 23.5 Å². The number of aromatic nitrogens is 2. The number of rotatable bonds is 4. The minimum Gasteiger partial charge on any atom is -0.493 e. The fourth-order valence-electron chi connectivity index (χ4n) is 3.82. The van der Waals surface area contributed by atoms with E-state index in [1.165, 1.54) is 0 Å². The summed E-state index contributed by atoms with van der Waals surface area (Å²) < 4.78 is 13.1. The Bertz CT molecular complexity index is 1110. The van der Waals surface area contributed by atoms with Gasteiger partial charge in [0.2, 0.25) is 5.91 Å². The summed E-state index contributed by atoms with van der Waals surface area (Å²) in [4.78, 5) is 12.9. The lowest BCUT2D eigenvalue weighted by Gasteiger charge is -2.21. The fourth-order valence-corrected chi connectivity index (χ4v) is 5.16. The van der Waals surface area contributed by atoms with E-state index < -0.39 is 0 Å². The van der Waals surface area contributed by atoms with E-state index >= 15 is 0 Å². The van der Waals surface area contributed by atoms with Gasteiger partial charge in [-0.05, 0) is 44.5 Å². The Balaban J connectivity index is 1.95. The molecule has 0 saturated heterocycles.